The summed E-state index contributed by atoms with van der Waals surface area (Å²) in [5, 5.41) is 0. The summed E-state index contributed by atoms with van der Waals surface area (Å²) in [7, 11) is 0. The van der Waals surface area contributed by atoms with Crippen molar-refractivity contribution in [2.45, 2.75) is 45.2 Å². The monoisotopic (exact) mass is 315 g/mol. The summed E-state index contributed by atoms with van der Waals surface area (Å²) in [4.78, 5) is 19.0. The highest BCUT2D eigenvalue weighted by atomic mass is 19.1. The second-order valence-corrected chi connectivity index (χ2v) is 5.98. The number of piperidine rings is 1. The number of nitrogens with zero attached hydrogens (tertiary/aromatic N) is 3. The van der Waals surface area contributed by atoms with E-state index >= 15 is 0 Å². The van der Waals surface area contributed by atoms with Crippen molar-refractivity contribution in [1.82, 2.24) is 14.5 Å². The van der Waals surface area contributed by atoms with Crippen LogP contribution in [0.2, 0.25) is 0 Å². The summed E-state index contributed by atoms with van der Waals surface area (Å²) in [6.07, 6.45) is 7.33. The van der Waals surface area contributed by atoms with Crippen LogP contribution in [0.4, 0.5) is 4.39 Å². The number of halogens is 1. The van der Waals surface area contributed by atoms with Crippen LogP contribution >= 0.6 is 0 Å². The lowest BCUT2D eigenvalue weighted by atomic mass is 9.95. The van der Waals surface area contributed by atoms with E-state index in [2.05, 4.69) is 4.98 Å². The van der Waals surface area contributed by atoms with E-state index in [1.54, 1.807) is 18.3 Å². The molecule has 0 unspecified atom stereocenters. The number of carbonyl (C=O) groups is 1. The number of aromatic nitrogens is 2. The molecular weight excluding hydrogens is 293 g/mol. The summed E-state index contributed by atoms with van der Waals surface area (Å²) >= 11 is 0. The minimum atomic E-state index is -0.247. The minimum Gasteiger partial charge on any atom is -0.334 e. The fourth-order valence-electron chi connectivity index (χ4n) is 3.33. The van der Waals surface area contributed by atoms with Gasteiger partial charge < -0.3 is 9.47 Å². The second kappa shape index (κ2) is 6.94. The molecule has 5 heteroatoms. The third kappa shape index (κ3) is 3.44. The second-order valence-electron chi connectivity index (χ2n) is 5.98. The van der Waals surface area contributed by atoms with E-state index in [-0.39, 0.29) is 17.8 Å². The van der Waals surface area contributed by atoms with Crippen molar-refractivity contribution in [3.63, 3.8) is 0 Å². The predicted octanol–water partition coefficient (Wildman–Crippen LogP) is 3.34. The molecule has 4 nitrogen and oxygen atoms in total. The number of benzene rings is 1. The summed E-state index contributed by atoms with van der Waals surface area (Å²) < 4.78 is 15.4. The molecule has 1 saturated heterocycles. The third-order valence-electron chi connectivity index (χ3n) is 4.48. The number of hydrogen-bond acceptors (Lipinski definition) is 2. The molecule has 3 rings (SSSR count). The molecule has 2 heterocycles. The molecule has 1 fully saturated rings. The van der Waals surface area contributed by atoms with Crippen molar-refractivity contribution in [1.29, 1.82) is 0 Å². The van der Waals surface area contributed by atoms with Gasteiger partial charge in [-0.1, -0.05) is 19.1 Å². The average molecular weight is 315 g/mol. The van der Waals surface area contributed by atoms with Gasteiger partial charge in [0.2, 0.25) is 5.91 Å². The lowest BCUT2D eigenvalue weighted by Crippen LogP contribution is -2.40. The van der Waals surface area contributed by atoms with Gasteiger partial charge in [0.1, 0.15) is 18.2 Å². The molecule has 1 aliphatic rings. The van der Waals surface area contributed by atoms with Gasteiger partial charge in [0.05, 0.1) is 6.04 Å². The first-order valence-electron chi connectivity index (χ1n) is 8.24. The van der Waals surface area contributed by atoms with Crippen molar-refractivity contribution in [3.05, 3.63) is 53.9 Å². The summed E-state index contributed by atoms with van der Waals surface area (Å²) in [6.45, 7) is 3.06. The van der Waals surface area contributed by atoms with E-state index in [1.165, 1.54) is 6.07 Å². The Kier molecular flexibility index (Phi) is 4.74. The first-order valence-corrected chi connectivity index (χ1v) is 8.24. The van der Waals surface area contributed by atoms with Gasteiger partial charge in [-0.2, -0.15) is 0 Å². The molecule has 122 valence electrons. The molecule has 1 aromatic carbocycles. The highest BCUT2D eigenvalue weighted by Crippen LogP contribution is 2.31. The number of amides is 1. The topological polar surface area (TPSA) is 38.1 Å². The van der Waals surface area contributed by atoms with Gasteiger partial charge in [0.25, 0.3) is 0 Å². The van der Waals surface area contributed by atoms with E-state index in [0.717, 1.165) is 43.6 Å². The molecule has 0 N–H and O–H groups in total. The number of carbonyl (C=O) groups excluding carboxylic acids is 1. The van der Waals surface area contributed by atoms with Crippen molar-refractivity contribution >= 4 is 5.91 Å². The standard InChI is InChI=1S/C18H22FN3O/c1-2-17-20-9-11-21(17)13-18(23)22-10-4-3-8-16(22)14-6-5-7-15(19)12-14/h5-7,9,11-12,16H,2-4,8,10,13H2,1H3/t16-/m1/s1. The molecule has 1 atom stereocenters. The molecule has 1 aromatic heterocycles. The molecule has 0 radical (unpaired) electrons. The zero-order valence-corrected chi connectivity index (χ0v) is 13.4. The van der Waals surface area contributed by atoms with E-state index < -0.39 is 0 Å². The van der Waals surface area contributed by atoms with Crippen LogP contribution in [0.25, 0.3) is 0 Å². The van der Waals surface area contributed by atoms with Crippen molar-refractivity contribution < 1.29 is 9.18 Å². The van der Waals surface area contributed by atoms with Gasteiger partial charge in [-0.3, -0.25) is 4.79 Å². The molecule has 0 saturated carbocycles. The van der Waals surface area contributed by atoms with Crippen LogP contribution in [-0.4, -0.2) is 26.9 Å². The van der Waals surface area contributed by atoms with Crippen LogP contribution in [0.5, 0.6) is 0 Å². The van der Waals surface area contributed by atoms with E-state index in [1.807, 2.05) is 28.7 Å². The smallest absolute Gasteiger partial charge is 0.243 e. The van der Waals surface area contributed by atoms with Gasteiger partial charge in [0.15, 0.2) is 0 Å². The Morgan fingerprint density at radius 1 is 1.39 bits per heavy atom. The molecule has 1 amide bonds. The molecule has 23 heavy (non-hydrogen) atoms. The Morgan fingerprint density at radius 3 is 3.04 bits per heavy atom. The van der Waals surface area contributed by atoms with Crippen LogP contribution in [0, 0.1) is 5.82 Å². The zero-order valence-electron chi connectivity index (χ0n) is 13.4. The lowest BCUT2D eigenvalue weighted by molar-refractivity contribution is -0.135. The first-order chi connectivity index (χ1) is 11.2. The number of likely N-dealkylation sites (tertiary alicyclic amines) is 1. The molecule has 0 aliphatic carbocycles. The van der Waals surface area contributed by atoms with Crippen LogP contribution in [0.3, 0.4) is 0 Å². The fraction of sp³-hybridized carbons (Fsp3) is 0.444. The van der Waals surface area contributed by atoms with Crippen LogP contribution in [0.1, 0.15) is 43.6 Å². The fourth-order valence-corrected chi connectivity index (χ4v) is 3.33. The lowest BCUT2D eigenvalue weighted by Gasteiger charge is -2.36. The highest BCUT2D eigenvalue weighted by Gasteiger charge is 2.28. The van der Waals surface area contributed by atoms with E-state index in [9.17, 15) is 9.18 Å². The molecule has 0 bridgehead atoms. The van der Waals surface area contributed by atoms with E-state index in [4.69, 9.17) is 0 Å². The SMILES string of the molecule is CCc1nccn1CC(=O)N1CCCC[C@@H]1c1cccc(F)c1. The minimum absolute atomic E-state index is 0.0273. The van der Waals surface area contributed by atoms with Crippen LogP contribution in [0.15, 0.2) is 36.7 Å². The van der Waals surface area contributed by atoms with Gasteiger partial charge in [-0.05, 0) is 37.0 Å². The largest absolute Gasteiger partial charge is 0.334 e. The Balaban J connectivity index is 1.79. The van der Waals surface area contributed by atoms with Gasteiger partial charge in [-0.15, -0.1) is 0 Å². The van der Waals surface area contributed by atoms with Crippen LogP contribution in [-0.2, 0) is 17.8 Å². The normalized spacial score (nSPS) is 18.2. The van der Waals surface area contributed by atoms with Crippen molar-refractivity contribution in [2.75, 3.05) is 6.54 Å². The first kappa shape index (κ1) is 15.7. The molecular formula is C18H22FN3O. The number of aryl methyl sites for hydroxylation is 1. The van der Waals surface area contributed by atoms with Crippen molar-refractivity contribution in [3.8, 4) is 0 Å². The number of rotatable bonds is 4. The maximum atomic E-state index is 13.5. The predicted molar refractivity (Wildman–Crippen MR) is 86.3 cm³/mol. The van der Waals surface area contributed by atoms with Gasteiger partial charge in [-0.25, -0.2) is 9.37 Å². The maximum Gasteiger partial charge on any atom is 0.243 e. The maximum absolute atomic E-state index is 13.5. The average Bonchev–Trinajstić information content (AvgIpc) is 3.02. The number of hydrogen-bond donors (Lipinski definition) is 0. The van der Waals surface area contributed by atoms with E-state index in [0.29, 0.717) is 6.54 Å². The Labute approximate surface area is 135 Å². The molecule has 0 spiro atoms. The number of imidazole rings is 1. The molecule has 2 aromatic rings. The van der Waals surface area contributed by atoms with Gasteiger partial charge in [0, 0.05) is 25.4 Å². The highest BCUT2D eigenvalue weighted by molar-refractivity contribution is 5.76. The summed E-state index contributed by atoms with van der Waals surface area (Å²) in [5.41, 5.74) is 0.888. The molecule has 1 aliphatic heterocycles. The Morgan fingerprint density at radius 2 is 2.26 bits per heavy atom. The summed E-state index contributed by atoms with van der Waals surface area (Å²) in [5.74, 6) is 0.743. The quantitative estimate of drug-likeness (QED) is 0.868. The zero-order chi connectivity index (χ0) is 16.2. The third-order valence-corrected chi connectivity index (χ3v) is 4.48. The Hall–Kier alpha value is -2.17. The van der Waals surface area contributed by atoms with Crippen LogP contribution < -0.4 is 0 Å². The van der Waals surface area contributed by atoms with Crippen molar-refractivity contribution in [2.24, 2.45) is 0 Å². The Bertz CT molecular complexity index is 682. The summed E-state index contributed by atoms with van der Waals surface area (Å²) in [6, 6.07) is 6.59. The van der Waals surface area contributed by atoms with Gasteiger partial charge >= 0.3 is 0 Å².